The molecule has 0 radical (unpaired) electrons. The van der Waals surface area contributed by atoms with Gasteiger partial charge in [-0.1, -0.05) is 6.07 Å². The highest BCUT2D eigenvalue weighted by atomic mass is 32.1. The van der Waals surface area contributed by atoms with Crippen molar-refractivity contribution in [1.82, 2.24) is 15.3 Å². The Labute approximate surface area is 111 Å². The fraction of sp³-hybridized carbons (Fsp3) is 0.385. The van der Waals surface area contributed by atoms with Crippen molar-refractivity contribution >= 4 is 11.3 Å². The summed E-state index contributed by atoms with van der Waals surface area (Å²) in [6, 6.07) is 6.19. The standard InChI is InChI=1S/C13H17N3OS/c1-10(8-17-2)15-7-11-9-18-13(16-11)12-5-3-4-6-14-12/h3-6,9-10,15H,7-8H2,1-2H3. The van der Waals surface area contributed by atoms with E-state index >= 15 is 0 Å². The molecule has 2 aromatic heterocycles. The Bertz CT molecular complexity index is 472. The fourth-order valence-electron chi connectivity index (χ4n) is 1.58. The number of nitrogens with zero attached hydrogens (tertiary/aromatic N) is 2. The average molecular weight is 263 g/mol. The maximum atomic E-state index is 5.08. The van der Waals surface area contributed by atoms with Crippen LogP contribution in [0.5, 0.6) is 0 Å². The van der Waals surface area contributed by atoms with E-state index in [1.807, 2.05) is 18.2 Å². The Morgan fingerprint density at radius 2 is 2.33 bits per heavy atom. The lowest BCUT2D eigenvalue weighted by atomic mass is 10.3. The Balaban J connectivity index is 1.95. The first-order chi connectivity index (χ1) is 8.79. The van der Waals surface area contributed by atoms with Gasteiger partial charge in [0, 0.05) is 31.3 Å². The van der Waals surface area contributed by atoms with Crippen molar-refractivity contribution in [2.75, 3.05) is 13.7 Å². The van der Waals surface area contributed by atoms with Crippen molar-refractivity contribution in [3.63, 3.8) is 0 Å². The molecule has 4 nitrogen and oxygen atoms in total. The highest BCUT2D eigenvalue weighted by Gasteiger charge is 2.06. The van der Waals surface area contributed by atoms with Crippen LogP contribution < -0.4 is 5.32 Å². The van der Waals surface area contributed by atoms with Crippen molar-refractivity contribution in [1.29, 1.82) is 0 Å². The maximum absolute atomic E-state index is 5.08. The minimum atomic E-state index is 0.329. The van der Waals surface area contributed by atoms with Gasteiger partial charge in [0.15, 0.2) is 0 Å². The number of hydrogen-bond acceptors (Lipinski definition) is 5. The predicted octanol–water partition coefficient (Wildman–Crippen LogP) is 2.33. The molecule has 0 saturated heterocycles. The Kier molecular flexibility index (Phi) is 4.81. The summed E-state index contributed by atoms with van der Waals surface area (Å²) in [5.74, 6) is 0. The number of nitrogens with one attached hydrogen (secondary N) is 1. The SMILES string of the molecule is COCC(C)NCc1csc(-c2ccccn2)n1. The zero-order valence-electron chi connectivity index (χ0n) is 10.6. The highest BCUT2D eigenvalue weighted by Crippen LogP contribution is 2.21. The molecule has 2 heterocycles. The number of ether oxygens (including phenoxy) is 1. The summed E-state index contributed by atoms with van der Waals surface area (Å²) in [5, 5.41) is 6.39. The minimum Gasteiger partial charge on any atom is -0.383 e. The Morgan fingerprint density at radius 3 is 3.06 bits per heavy atom. The van der Waals surface area contributed by atoms with E-state index < -0.39 is 0 Å². The lowest BCUT2D eigenvalue weighted by Crippen LogP contribution is -2.29. The molecule has 0 spiro atoms. The summed E-state index contributed by atoms with van der Waals surface area (Å²) in [4.78, 5) is 8.86. The van der Waals surface area contributed by atoms with Crippen LogP contribution in [0.3, 0.4) is 0 Å². The largest absolute Gasteiger partial charge is 0.383 e. The van der Waals surface area contributed by atoms with Crippen LogP contribution in [0.25, 0.3) is 10.7 Å². The first-order valence-corrected chi connectivity index (χ1v) is 6.75. The van der Waals surface area contributed by atoms with E-state index in [4.69, 9.17) is 4.74 Å². The molecule has 96 valence electrons. The highest BCUT2D eigenvalue weighted by molar-refractivity contribution is 7.13. The molecule has 0 aliphatic rings. The van der Waals surface area contributed by atoms with E-state index in [1.165, 1.54) is 0 Å². The van der Waals surface area contributed by atoms with Gasteiger partial charge in [-0.3, -0.25) is 4.98 Å². The zero-order chi connectivity index (χ0) is 12.8. The predicted molar refractivity (Wildman–Crippen MR) is 73.5 cm³/mol. The summed E-state index contributed by atoms with van der Waals surface area (Å²) < 4.78 is 5.08. The molecule has 0 fully saturated rings. The van der Waals surface area contributed by atoms with Crippen LogP contribution in [0.2, 0.25) is 0 Å². The molecule has 0 saturated carbocycles. The van der Waals surface area contributed by atoms with Gasteiger partial charge >= 0.3 is 0 Å². The van der Waals surface area contributed by atoms with E-state index in [0.717, 1.165) is 22.9 Å². The van der Waals surface area contributed by atoms with Gasteiger partial charge in [0.25, 0.3) is 0 Å². The third kappa shape index (κ3) is 3.60. The molecule has 5 heteroatoms. The number of pyridine rings is 1. The van der Waals surface area contributed by atoms with Crippen molar-refractivity contribution in [3.8, 4) is 10.7 Å². The topological polar surface area (TPSA) is 47.0 Å². The molecule has 1 atom stereocenters. The van der Waals surface area contributed by atoms with Crippen LogP contribution in [0, 0.1) is 0 Å². The molecule has 1 unspecified atom stereocenters. The number of rotatable bonds is 6. The summed E-state index contributed by atoms with van der Waals surface area (Å²) in [6.45, 7) is 3.56. The Morgan fingerprint density at radius 1 is 1.44 bits per heavy atom. The van der Waals surface area contributed by atoms with E-state index in [0.29, 0.717) is 12.6 Å². The minimum absolute atomic E-state index is 0.329. The zero-order valence-corrected chi connectivity index (χ0v) is 11.4. The van der Waals surface area contributed by atoms with Gasteiger partial charge in [0.1, 0.15) is 5.01 Å². The monoisotopic (exact) mass is 263 g/mol. The van der Waals surface area contributed by atoms with Gasteiger partial charge in [0.2, 0.25) is 0 Å². The van der Waals surface area contributed by atoms with Crippen LogP contribution in [0.4, 0.5) is 0 Å². The molecule has 0 aromatic carbocycles. The fourth-order valence-corrected chi connectivity index (χ4v) is 2.38. The van der Waals surface area contributed by atoms with Crippen LogP contribution in [0.1, 0.15) is 12.6 Å². The summed E-state index contributed by atoms with van der Waals surface area (Å²) in [7, 11) is 1.71. The molecule has 2 aromatic rings. The van der Waals surface area contributed by atoms with E-state index in [9.17, 15) is 0 Å². The number of thiazole rings is 1. The van der Waals surface area contributed by atoms with Crippen molar-refractivity contribution in [3.05, 3.63) is 35.5 Å². The molecular weight excluding hydrogens is 246 g/mol. The smallest absolute Gasteiger partial charge is 0.142 e. The molecule has 0 aliphatic heterocycles. The third-order valence-corrected chi connectivity index (χ3v) is 3.40. The normalized spacial score (nSPS) is 12.6. The van der Waals surface area contributed by atoms with Crippen molar-refractivity contribution < 1.29 is 4.74 Å². The van der Waals surface area contributed by atoms with Crippen LogP contribution in [0.15, 0.2) is 29.8 Å². The summed E-state index contributed by atoms with van der Waals surface area (Å²) in [6.07, 6.45) is 1.79. The van der Waals surface area contributed by atoms with Gasteiger partial charge in [-0.25, -0.2) is 4.98 Å². The summed E-state index contributed by atoms with van der Waals surface area (Å²) >= 11 is 1.62. The lowest BCUT2D eigenvalue weighted by Gasteiger charge is -2.10. The lowest BCUT2D eigenvalue weighted by molar-refractivity contribution is 0.171. The van der Waals surface area contributed by atoms with Gasteiger partial charge in [0.05, 0.1) is 18.0 Å². The van der Waals surface area contributed by atoms with Crippen LogP contribution >= 0.6 is 11.3 Å². The first kappa shape index (κ1) is 13.1. The van der Waals surface area contributed by atoms with Crippen molar-refractivity contribution in [2.24, 2.45) is 0 Å². The van der Waals surface area contributed by atoms with Gasteiger partial charge in [-0.2, -0.15) is 0 Å². The molecule has 0 aliphatic carbocycles. The molecular formula is C13H17N3OS. The Hall–Kier alpha value is -1.30. The van der Waals surface area contributed by atoms with E-state index in [1.54, 1.807) is 24.6 Å². The quantitative estimate of drug-likeness (QED) is 0.869. The molecule has 2 rings (SSSR count). The average Bonchev–Trinajstić information content (AvgIpc) is 2.87. The maximum Gasteiger partial charge on any atom is 0.142 e. The van der Waals surface area contributed by atoms with Crippen molar-refractivity contribution in [2.45, 2.75) is 19.5 Å². The number of methoxy groups -OCH3 is 1. The second kappa shape index (κ2) is 6.58. The van der Waals surface area contributed by atoms with Gasteiger partial charge < -0.3 is 10.1 Å². The van der Waals surface area contributed by atoms with E-state index in [2.05, 4.69) is 27.6 Å². The molecule has 0 bridgehead atoms. The van der Waals surface area contributed by atoms with Crippen LogP contribution in [-0.4, -0.2) is 29.7 Å². The number of hydrogen-bond donors (Lipinski definition) is 1. The van der Waals surface area contributed by atoms with Crippen LogP contribution in [-0.2, 0) is 11.3 Å². The molecule has 1 N–H and O–H groups in total. The molecule has 0 amide bonds. The van der Waals surface area contributed by atoms with E-state index in [-0.39, 0.29) is 0 Å². The first-order valence-electron chi connectivity index (χ1n) is 5.87. The second-order valence-electron chi connectivity index (χ2n) is 4.10. The van der Waals surface area contributed by atoms with Gasteiger partial charge in [-0.05, 0) is 19.1 Å². The third-order valence-electron chi connectivity index (χ3n) is 2.48. The summed E-state index contributed by atoms with van der Waals surface area (Å²) in [5.41, 5.74) is 1.97. The second-order valence-corrected chi connectivity index (χ2v) is 4.95. The number of aromatic nitrogens is 2. The molecule has 18 heavy (non-hydrogen) atoms. The van der Waals surface area contributed by atoms with Gasteiger partial charge in [-0.15, -0.1) is 11.3 Å².